The fourth-order valence-corrected chi connectivity index (χ4v) is 1.69. The highest BCUT2D eigenvalue weighted by atomic mass is 19.2. The van der Waals surface area contributed by atoms with Crippen molar-refractivity contribution in [1.29, 1.82) is 0 Å². The second kappa shape index (κ2) is 4.65. The van der Waals surface area contributed by atoms with E-state index in [9.17, 15) is 8.78 Å². The topological polar surface area (TPSA) is 40.5 Å². The van der Waals surface area contributed by atoms with Crippen LogP contribution in [-0.2, 0) is 0 Å². The van der Waals surface area contributed by atoms with Crippen LogP contribution in [0.15, 0.2) is 42.5 Å². The van der Waals surface area contributed by atoms with Gasteiger partial charge in [-0.05, 0) is 17.2 Å². The Bertz CT molecular complexity index is 530. The van der Waals surface area contributed by atoms with Gasteiger partial charge < -0.3 is 10.0 Å². The summed E-state index contributed by atoms with van der Waals surface area (Å²) in [5.41, 5.74) is 0.408. The summed E-state index contributed by atoms with van der Waals surface area (Å²) in [6, 6.07) is 10.9. The molecule has 0 amide bonds. The van der Waals surface area contributed by atoms with Gasteiger partial charge in [-0.1, -0.05) is 36.4 Å². The highest BCUT2D eigenvalue weighted by Gasteiger charge is 2.24. The van der Waals surface area contributed by atoms with Crippen LogP contribution >= 0.6 is 0 Å². The molecule has 17 heavy (non-hydrogen) atoms. The predicted molar refractivity (Wildman–Crippen MR) is 61.6 cm³/mol. The lowest BCUT2D eigenvalue weighted by molar-refractivity contribution is 0.420. The van der Waals surface area contributed by atoms with Crippen LogP contribution in [0.3, 0.4) is 0 Å². The van der Waals surface area contributed by atoms with Gasteiger partial charge in [0.05, 0.1) is 0 Å². The van der Waals surface area contributed by atoms with E-state index in [2.05, 4.69) is 0 Å². The molecular weight excluding hydrogens is 225 g/mol. The first-order chi connectivity index (χ1) is 8.11. The van der Waals surface area contributed by atoms with Crippen molar-refractivity contribution >= 4 is 12.6 Å². The first-order valence-corrected chi connectivity index (χ1v) is 5.00. The number of halogens is 2. The van der Waals surface area contributed by atoms with Crippen molar-refractivity contribution < 1.29 is 18.8 Å². The zero-order valence-electron chi connectivity index (χ0n) is 8.77. The lowest BCUT2D eigenvalue weighted by Gasteiger charge is -2.10. The smallest absolute Gasteiger partial charge is 0.423 e. The molecule has 2 aromatic carbocycles. The van der Waals surface area contributed by atoms with Gasteiger partial charge in [-0.25, -0.2) is 8.78 Å². The van der Waals surface area contributed by atoms with E-state index in [0.29, 0.717) is 5.56 Å². The fraction of sp³-hybridized carbons (Fsp3) is 0. The molecule has 0 heterocycles. The molecule has 2 aromatic rings. The third-order valence-electron chi connectivity index (χ3n) is 2.48. The Morgan fingerprint density at radius 1 is 0.882 bits per heavy atom. The third kappa shape index (κ3) is 2.20. The molecule has 0 spiro atoms. The molecule has 0 unspecified atom stereocenters. The van der Waals surface area contributed by atoms with Gasteiger partial charge in [-0.3, -0.25) is 0 Å². The zero-order valence-corrected chi connectivity index (χ0v) is 8.77. The molecule has 0 aliphatic carbocycles. The van der Waals surface area contributed by atoms with Crippen LogP contribution in [0.4, 0.5) is 8.78 Å². The molecule has 0 aromatic heterocycles. The fourth-order valence-electron chi connectivity index (χ4n) is 1.69. The molecule has 0 radical (unpaired) electrons. The van der Waals surface area contributed by atoms with Crippen LogP contribution in [0.25, 0.3) is 11.1 Å². The molecule has 0 saturated heterocycles. The van der Waals surface area contributed by atoms with Gasteiger partial charge in [0.25, 0.3) is 0 Å². The van der Waals surface area contributed by atoms with Crippen molar-refractivity contribution in [3.05, 3.63) is 54.1 Å². The summed E-state index contributed by atoms with van der Waals surface area (Å²) in [5, 5.41) is 18.2. The molecule has 0 bridgehead atoms. The lowest BCUT2D eigenvalue weighted by atomic mass is 9.75. The second-order valence-electron chi connectivity index (χ2n) is 3.56. The summed E-state index contributed by atoms with van der Waals surface area (Å²) in [6.07, 6.45) is 0. The minimum Gasteiger partial charge on any atom is -0.423 e. The molecule has 2 N–H and O–H groups in total. The average molecular weight is 234 g/mol. The maximum atomic E-state index is 13.5. The van der Waals surface area contributed by atoms with Gasteiger partial charge in [-0.15, -0.1) is 0 Å². The molecule has 5 heteroatoms. The van der Waals surface area contributed by atoms with Gasteiger partial charge >= 0.3 is 7.12 Å². The van der Waals surface area contributed by atoms with Crippen LogP contribution in [0.1, 0.15) is 0 Å². The number of rotatable bonds is 2. The molecule has 0 fully saturated rings. The molecule has 2 rings (SSSR count). The first kappa shape index (κ1) is 11.8. The van der Waals surface area contributed by atoms with E-state index in [1.54, 1.807) is 30.3 Å². The van der Waals surface area contributed by atoms with E-state index in [1.165, 1.54) is 6.07 Å². The molecule has 0 aliphatic heterocycles. The summed E-state index contributed by atoms with van der Waals surface area (Å²) in [7, 11) is -2.05. The summed E-state index contributed by atoms with van der Waals surface area (Å²) < 4.78 is 26.5. The summed E-state index contributed by atoms with van der Waals surface area (Å²) in [4.78, 5) is 0. The van der Waals surface area contributed by atoms with Gasteiger partial charge in [0.15, 0.2) is 11.6 Å². The number of hydrogen-bond acceptors (Lipinski definition) is 2. The van der Waals surface area contributed by atoms with Gasteiger partial charge in [-0.2, -0.15) is 0 Å². The lowest BCUT2D eigenvalue weighted by Crippen LogP contribution is -2.35. The van der Waals surface area contributed by atoms with E-state index in [1.807, 2.05) is 0 Å². The van der Waals surface area contributed by atoms with Crippen LogP contribution in [0.5, 0.6) is 0 Å². The molecule has 0 aliphatic rings. The minimum absolute atomic E-state index is 0.263. The van der Waals surface area contributed by atoms with Gasteiger partial charge in [0.2, 0.25) is 0 Å². The van der Waals surface area contributed by atoms with Gasteiger partial charge in [0.1, 0.15) is 0 Å². The van der Waals surface area contributed by atoms with Gasteiger partial charge in [0, 0.05) is 5.46 Å². The van der Waals surface area contributed by atoms with E-state index in [4.69, 9.17) is 10.0 Å². The Kier molecular flexibility index (Phi) is 3.22. The zero-order chi connectivity index (χ0) is 12.4. The van der Waals surface area contributed by atoms with Crippen molar-refractivity contribution in [3.63, 3.8) is 0 Å². The molecule has 86 valence electrons. The van der Waals surface area contributed by atoms with Crippen molar-refractivity contribution in [2.24, 2.45) is 0 Å². The van der Waals surface area contributed by atoms with Crippen LogP contribution in [-0.4, -0.2) is 17.2 Å². The Morgan fingerprint density at radius 3 is 2.12 bits per heavy atom. The van der Waals surface area contributed by atoms with E-state index >= 15 is 0 Å². The molecule has 0 saturated carbocycles. The highest BCUT2D eigenvalue weighted by Crippen LogP contribution is 2.19. The number of benzene rings is 2. The Hall–Kier alpha value is -1.72. The third-order valence-corrected chi connectivity index (χ3v) is 2.48. The Balaban J connectivity index is 2.67. The van der Waals surface area contributed by atoms with E-state index < -0.39 is 24.2 Å². The quantitative estimate of drug-likeness (QED) is 0.769. The Morgan fingerprint density at radius 2 is 1.53 bits per heavy atom. The van der Waals surface area contributed by atoms with E-state index in [0.717, 1.165) is 6.07 Å². The first-order valence-electron chi connectivity index (χ1n) is 5.00. The predicted octanol–water partition coefficient (Wildman–Crippen LogP) is 1.31. The largest absolute Gasteiger partial charge is 0.492 e. The number of hydrogen-bond donors (Lipinski definition) is 2. The average Bonchev–Trinajstić information content (AvgIpc) is 2.33. The minimum atomic E-state index is -2.05. The van der Waals surface area contributed by atoms with Crippen LogP contribution in [0.2, 0.25) is 0 Å². The standard InChI is InChI=1S/C12H9BF2O2/c14-10-7-6-9(8-4-2-1-3-5-8)11(12(10)15)13(16)17/h1-7,16-17H. The maximum absolute atomic E-state index is 13.5. The van der Waals surface area contributed by atoms with Crippen molar-refractivity contribution in [3.8, 4) is 11.1 Å². The summed E-state index contributed by atoms with van der Waals surface area (Å²) in [6.45, 7) is 0. The second-order valence-corrected chi connectivity index (χ2v) is 3.56. The summed E-state index contributed by atoms with van der Waals surface area (Å²) >= 11 is 0. The van der Waals surface area contributed by atoms with E-state index in [-0.39, 0.29) is 5.56 Å². The van der Waals surface area contributed by atoms with Crippen LogP contribution < -0.4 is 5.46 Å². The normalized spacial score (nSPS) is 10.4. The van der Waals surface area contributed by atoms with Crippen LogP contribution in [0, 0.1) is 11.6 Å². The Labute approximate surface area is 97.3 Å². The SMILES string of the molecule is OB(O)c1c(-c2ccccc2)ccc(F)c1F. The molecule has 0 atom stereocenters. The highest BCUT2D eigenvalue weighted by molar-refractivity contribution is 6.60. The van der Waals surface area contributed by atoms with Crippen molar-refractivity contribution in [2.75, 3.05) is 0 Å². The monoisotopic (exact) mass is 234 g/mol. The van der Waals surface area contributed by atoms with Crippen molar-refractivity contribution in [1.82, 2.24) is 0 Å². The summed E-state index contributed by atoms with van der Waals surface area (Å²) in [5.74, 6) is -2.34. The molecular formula is C12H9BF2O2. The maximum Gasteiger partial charge on any atom is 0.492 e. The van der Waals surface area contributed by atoms with Crippen molar-refractivity contribution in [2.45, 2.75) is 0 Å². The molecule has 2 nitrogen and oxygen atoms in total.